The van der Waals surface area contributed by atoms with Gasteiger partial charge in [-0.1, -0.05) is 51.6 Å². The number of rotatable bonds is 10. The van der Waals surface area contributed by atoms with Gasteiger partial charge in [0.2, 0.25) is 11.6 Å². The molecule has 9 nitrogen and oxygen atoms in total. The maximum Gasteiger partial charge on any atom is 0.513 e. The second kappa shape index (κ2) is 9.82. The summed E-state index contributed by atoms with van der Waals surface area (Å²) in [7, 11) is 0. The van der Waals surface area contributed by atoms with Gasteiger partial charge in [-0.3, -0.25) is 0 Å². The highest BCUT2D eigenvalue weighted by Crippen LogP contribution is 2.20. The molecule has 0 fully saturated rings. The highest BCUT2D eigenvalue weighted by molar-refractivity contribution is 5.60. The third kappa shape index (κ3) is 15.3. The molecular weight excluding hydrogens is 348 g/mol. The fourth-order valence-corrected chi connectivity index (χ4v) is 1.07. The van der Waals surface area contributed by atoms with Crippen molar-refractivity contribution in [3.63, 3.8) is 0 Å². The van der Waals surface area contributed by atoms with Crippen LogP contribution in [0.5, 0.6) is 0 Å². The monoisotopic (exact) mass is 382 g/mol. The van der Waals surface area contributed by atoms with Gasteiger partial charge in [0, 0.05) is 27.7 Å². The first-order valence-electron chi connectivity index (χ1n) is 8.38. The zero-order valence-corrected chi connectivity index (χ0v) is 17.6. The minimum atomic E-state index is -1.45. The summed E-state index contributed by atoms with van der Waals surface area (Å²) in [4.78, 5) is 31.5. The lowest BCUT2D eigenvalue weighted by molar-refractivity contribution is -0.572. The van der Waals surface area contributed by atoms with Gasteiger partial charge in [0.15, 0.2) is 0 Å². The zero-order valence-electron chi connectivity index (χ0n) is 17.6. The summed E-state index contributed by atoms with van der Waals surface area (Å²) in [5.41, 5.74) is -0.215. The van der Waals surface area contributed by atoms with E-state index in [-0.39, 0.29) is 10.8 Å². The summed E-state index contributed by atoms with van der Waals surface area (Å²) in [5, 5.41) is 9.22. The van der Waals surface area contributed by atoms with Crippen LogP contribution < -0.4 is 0 Å². The van der Waals surface area contributed by atoms with E-state index in [4.69, 9.17) is 29.0 Å². The lowest BCUT2D eigenvalue weighted by Crippen LogP contribution is -2.37. The summed E-state index contributed by atoms with van der Waals surface area (Å²) in [6.07, 6.45) is -1.06. The number of hydrogen-bond acceptors (Lipinski definition) is 9. The summed E-state index contributed by atoms with van der Waals surface area (Å²) in [6, 6.07) is 0. The van der Waals surface area contributed by atoms with Gasteiger partial charge in [-0.05, 0) is 10.8 Å². The van der Waals surface area contributed by atoms with E-state index >= 15 is 0 Å². The fourth-order valence-electron chi connectivity index (χ4n) is 1.07. The second-order valence-electron chi connectivity index (χ2n) is 9.20. The quantitative estimate of drug-likeness (QED) is 0.178. The molecule has 0 amide bonds. The molecule has 0 saturated heterocycles. The highest BCUT2D eigenvalue weighted by atomic mass is 17.5. The van der Waals surface area contributed by atoms with Crippen molar-refractivity contribution in [1.82, 2.24) is 0 Å². The Morgan fingerprint density at radius 1 is 0.615 bits per heavy atom. The molecule has 0 spiro atoms. The van der Waals surface area contributed by atoms with Gasteiger partial charge in [0.25, 0.3) is 0 Å². The van der Waals surface area contributed by atoms with E-state index in [1.165, 1.54) is 27.7 Å². The lowest BCUT2D eigenvalue weighted by Gasteiger charge is -2.27. The summed E-state index contributed by atoms with van der Waals surface area (Å²) >= 11 is 0. The molecular formula is C17H34O9. The first-order chi connectivity index (χ1) is 11.5. The fraction of sp³-hybridized carbons (Fsp3) is 0.941. The molecule has 0 aliphatic carbocycles. The zero-order chi connectivity index (χ0) is 20.6. The predicted octanol–water partition coefficient (Wildman–Crippen LogP) is 4.46. The van der Waals surface area contributed by atoms with Gasteiger partial charge >= 0.3 is 6.16 Å². The van der Waals surface area contributed by atoms with Gasteiger partial charge in [-0.2, -0.15) is 9.78 Å². The van der Waals surface area contributed by atoms with E-state index in [2.05, 4.69) is 10.1 Å². The average molecular weight is 382 g/mol. The van der Waals surface area contributed by atoms with Crippen LogP contribution in [0.25, 0.3) is 0 Å². The van der Waals surface area contributed by atoms with E-state index in [9.17, 15) is 4.79 Å². The Morgan fingerprint density at radius 2 is 0.923 bits per heavy atom. The van der Waals surface area contributed by atoms with Crippen LogP contribution in [0.4, 0.5) is 4.79 Å². The number of ether oxygens (including phenoxy) is 2. The normalized spacial score (nSPS) is 13.6. The molecule has 0 aromatic carbocycles. The van der Waals surface area contributed by atoms with Crippen molar-refractivity contribution in [2.75, 3.05) is 13.2 Å². The topological polar surface area (TPSA) is 90.9 Å². The molecule has 0 atom stereocenters. The van der Waals surface area contributed by atoms with Crippen molar-refractivity contribution in [2.24, 2.45) is 10.8 Å². The summed E-state index contributed by atoms with van der Waals surface area (Å²) in [5.74, 6) is -2.90. The third-order valence-electron chi connectivity index (χ3n) is 2.21. The molecule has 9 heteroatoms. The van der Waals surface area contributed by atoms with Crippen molar-refractivity contribution in [3.05, 3.63) is 0 Å². The van der Waals surface area contributed by atoms with E-state index in [1.54, 1.807) is 0 Å². The van der Waals surface area contributed by atoms with Crippen molar-refractivity contribution in [3.8, 4) is 0 Å². The molecule has 0 N–H and O–H groups in total. The lowest BCUT2D eigenvalue weighted by atomic mass is 9.99. The van der Waals surface area contributed by atoms with Gasteiger partial charge in [-0.15, -0.1) is 0 Å². The average Bonchev–Trinajstić information content (AvgIpc) is 2.36. The summed E-state index contributed by atoms with van der Waals surface area (Å²) < 4.78 is 10.0. The molecule has 0 aromatic heterocycles. The Bertz CT molecular complexity index is 381. The van der Waals surface area contributed by atoms with E-state index in [0.717, 1.165) is 0 Å². The smallest absolute Gasteiger partial charge is 0.399 e. The number of hydrogen-bond donors (Lipinski definition) is 0. The highest BCUT2D eigenvalue weighted by Gasteiger charge is 2.33. The molecule has 0 aromatic rings. The SMILES string of the molecule is CC(C)(C)COOOC(C)(C)OC(=O)OC(C)(C)OOOCC(C)(C)C. The molecule has 0 heterocycles. The molecule has 0 aliphatic rings. The van der Waals surface area contributed by atoms with Crippen LogP contribution in [0, 0.1) is 10.8 Å². The maximum atomic E-state index is 11.9. The van der Waals surface area contributed by atoms with Crippen molar-refractivity contribution < 1.29 is 43.9 Å². The number of carbonyl (C=O) groups excluding carboxylic acids is 1. The Morgan fingerprint density at radius 3 is 1.19 bits per heavy atom. The molecule has 26 heavy (non-hydrogen) atoms. The van der Waals surface area contributed by atoms with Crippen molar-refractivity contribution in [1.29, 1.82) is 0 Å². The molecule has 0 rings (SSSR count). The molecule has 0 aliphatic heterocycles. The van der Waals surface area contributed by atoms with Crippen molar-refractivity contribution in [2.45, 2.75) is 80.8 Å². The van der Waals surface area contributed by atoms with E-state index in [1.807, 2.05) is 41.5 Å². The molecule has 0 unspecified atom stereocenters. The predicted molar refractivity (Wildman–Crippen MR) is 90.9 cm³/mol. The van der Waals surface area contributed by atoms with Crippen LogP contribution in [0.2, 0.25) is 0 Å². The Labute approximate surface area is 155 Å². The second-order valence-corrected chi connectivity index (χ2v) is 9.20. The summed E-state index contributed by atoms with van der Waals surface area (Å²) in [6.45, 7) is 18.2. The van der Waals surface area contributed by atoms with Crippen LogP contribution in [0.1, 0.15) is 69.2 Å². The minimum absolute atomic E-state index is 0.107. The first-order valence-corrected chi connectivity index (χ1v) is 8.38. The Kier molecular flexibility index (Phi) is 9.45. The van der Waals surface area contributed by atoms with Crippen LogP contribution in [-0.2, 0) is 39.1 Å². The Hall–Kier alpha value is -0.970. The molecule has 0 bridgehead atoms. The first kappa shape index (κ1) is 25.0. The maximum absolute atomic E-state index is 11.9. The van der Waals surface area contributed by atoms with E-state index in [0.29, 0.717) is 13.2 Å². The number of carbonyl (C=O) groups is 1. The molecule has 0 radical (unpaired) electrons. The van der Waals surface area contributed by atoms with Gasteiger partial charge in [0.1, 0.15) is 0 Å². The largest absolute Gasteiger partial charge is 0.513 e. The Balaban J connectivity index is 4.18. The van der Waals surface area contributed by atoms with E-state index < -0.39 is 17.7 Å². The standard InChI is InChI=1S/C17H34O9/c1-14(2,3)11-19-25-23-16(7,8)21-13(18)22-17(9,10)24-26-20-12-15(4,5)6/h11-12H2,1-10H3. The van der Waals surface area contributed by atoms with Gasteiger partial charge < -0.3 is 9.47 Å². The van der Waals surface area contributed by atoms with Crippen LogP contribution >= 0.6 is 0 Å². The van der Waals surface area contributed by atoms with Gasteiger partial charge in [0.05, 0.1) is 13.2 Å². The van der Waals surface area contributed by atoms with Crippen LogP contribution in [0.3, 0.4) is 0 Å². The molecule has 0 saturated carbocycles. The third-order valence-corrected chi connectivity index (χ3v) is 2.21. The molecule has 156 valence electrons. The van der Waals surface area contributed by atoms with Gasteiger partial charge in [-0.25, -0.2) is 14.6 Å². The van der Waals surface area contributed by atoms with Crippen LogP contribution in [0.15, 0.2) is 0 Å². The van der Waals surface area contributed by atoms with Crippen molar-refractivity contribution >= 4 is 6.16 Å². The minimum Gasteiger partial charge on any atom is -0.399 e. The van der Waals surface area contributed by atoms with Crippen LogP contribution in [-0.4, -0.2) is 30.9 Å².